The molecule has 140 valence electrons. The molecule has 0 aromatic heterocycles. The molecular formula is C21H25BrClNO2. The SMILES string of the molecule is COc1cc(CNC2CCCCC2)cc(Br)c1OCc1ccccc1Cl. The highest BCUT2D eigenvalue weighted by molar-refractivity contribution is 9.10. The summed E-state index contributed by atoms with van der Waals surface area (Å²) >= 11 is 9.84. The molecule has 0 unspecified atom stereocenters. The van der Waals surface area contributed by atoms with Crippen LogP contribution in [0.1, 0.15) is 43.2 Å². The summed E-state index contributed by atoms with van der Waals surface area (Å²) in [7, 11) is 1.67. The third kappa shape index (κ3) is 5.15. The summed E-state index contributed by atoms with van der Waals surface area (Å²) in [4.78, 5) is 0. The standard InChI is InChI=1S/C21H25BrClNO2/c1-25-20-12-15(13-24-17-8-3-2-4-9-17)11-18(22)21(20)26-14-16-7-5-6-10-19(16)23/h5-7,10-12,17,24H,2-4,8-9,13-14H2,1H3. The van der Waals surface area contributed by atoms with Gasteiger partial charge in [0, 0.05) is 23.2 Å². The Morgan fingerprint density at radius 2 is 1.92 bits per heavy atom. The number of methoxy groups -OCH3 is 1. The quantitative estimate of drug-likeness (QED) is 0.565. The molecule has 0 spiro atoms. The second-order valence-corrected chi connectivity index (χ2v) is 7.97. The van der Waals surface area contributed by atoms with Gasteiger partial charge in [-0.25, -0.2) is 0 Å². The lowest BCUT2D eigenvalue weighted by atomic mass is 9.95. The smallest absolute Gasteiger partial charge is 0.175 e. The molecule has 1 aliphatic rings. The molecule has 2 aromatic carbocycles. The van der Waals surface area contributed by atoms with Crippen molar-refractivity contribution in [2.75, 3.05) is 7.11 Å². The molecular weight excluding hydrogens is 414 g/mol. The van der Waals surface area contributed by atoms with Crippen molar-refractivity contribution < 1.29 is 9.47 Å². The van der Waals surface area contributed by atoms with E-state index in [-0.39, 0.29) is 0 Å². The van der Waals surface area contributed by atoms with Crippen LogP contribution in [-0.2, 0) is 13.2 Å². The Balaban J connectivity index is 1.67. The topological polar surface area (TPSA) is 30.5 Å². The fraction of sp³-hybridized carbons (Fsp3) is 0.429. The van der Waals surface area contributed by atoms with Crippen molar-refractivity contribution in [1.82, 2.24) is 5.32 Å². The summed E-state index contributed by atoms with van der Waals surface area (Å²) in [6.45, 7) is 1.23. The van der Waals surface area contributed by atoms with Crippen LogP contribution in [0.25, 0.3) is 0 Å². The van der Waals surface area contributed by atoms with Crippen molar-refractivity contribution in [2.45, 2.75) is 51.3 Å². The van der Waals surface area contributed by atoms with Crippen molar-refractivity contribution in [1.29, 1.82) is 0 Å². The van der Waals surface area contributed by atoms with E-state index in [0.29, 0.717) is 23.4 Å². The minimum absolute atomic E-state index is 0.397. The molecule has 3 nitrogen and oxygen atoms in total. The highest BCUT2D eigenvalue weighted by Gasteiger charge is 2.15. The highest BCUT2D eigenvalue weighted by atomic mass is 79.9. The fourth-order valence-corrected chi connectivity index (χ4v) is 4.14. The summed E-state index contributed by atoms with van der Waals surface area (Å²) in [6.07, 6.45) is 6.59. The van der Waals surface area contributed by atoms with Crippen molar-refractivity contribution >= 4 is 27.5 Å². The molecule has 2 aromatic rings. The molecule has 1 N–H and O–H groups in total. The number of rotatable bonds is 7. The third-order valence-electron chi connectivity index (χ3n) is 4.82. The van der Waals surface area contributed by atoms with Gasteiger partial charge in [-0.1, -0.05) is 49.1 Å². The predicted octanol–water partition coefficient (Wildman–Crippen LogP) is 6.11. The summed E-state index contributed by atoms with van der Waals surface area (Å²) in [5, 5.41) is 4.37. The van der Waals surface area contributed by atoms with E-state index in [1.54, 1.807) is 7.11 Å². The van der Waals surface area contributed by atoms with Gasteiger partial charge in [-0.3, -0.25) is 0 Å². The second-order valence-electron chi connectivity index (χ2n) is 6.70. The van der Waals surface area contributed by atoms with E-state index in [1.807, 2.05) is 30.3 Å². The van der Waals surface area contributed by atoms with Crippen molar-refractivity contribution in [3.63, 3.8) is 0 Å². The van der Waals surface area contributed by atoms with Crippen LogP contribution < -0.4 is 14.8 Å². The van der Waals surface area contributed by atoms with Crippen molar-refractivity contribution in [2.24, 2.45) is 0 Å². The molecule has 1 aliphatic carbocycles. The lowest BCUT2D eigenvalue weighted by Crippen LogP contribution is -2.30. The van der Waals surface area contributed by atoms with Gasteiger partial charge in [0.15, 0.2) is 11.5 Å². The summed E-state index contributed by atoms with van der Waals surface area (Å²) in [6, 6.07) is 12.5. The molecule has 26 heavy (non-hydrogen) atoms. The first-order chi connectivity index (χ1) is 12.7. The van der Waals surface area contributed by atoms with E-state index in [9.17, 15) is 0 Å². The van der Waals surface area contributed by atoms with Crippen LogP contribution in [0.15, 0.2) is 40.9 Å². The van der Waals surface area contributed by atoms with Gasteiger partial charge in [0.2, 0.25) is 0 Å². The highest BCUT2D eigenvalue weighted by Crippen LogP contribution is 2.37. The second kappa shape index (κ2) is 9.63. The average molecular weight is 439 g/mol. The largest absolute Gasteiger partial charge is 0.493 e. The first kappa shape index (κ1) is 19.5. The van der Waals surface area contributed by atoms with Crippen LogP contribution in [0.3, 0.4) is 0 Å². The summed E-state index contributed by atoms with van der Waals surface area (Å²) in [5.41, 5.74) is 2.13. The van der Waals surface area contributed by atoms with E-state index in [1.165, 1.54) is 37.7 Å². The average Bonchev–Trinajstić information content (AvgIpc) is 2.67. The predicted molar refractivity (Wildman–Crippen MR) is 110 cm³/mol. The van der Waals surface area contributed by atoms with E-state index < -0.39 is 0 Å². The van der Waals surface area contributed by atoms with Crippen LogP contribution in [0.4, 0.5) is 0 Å². The molecule has 0 saturated heterocycles. The zero-order valence-electron chi connectivity index (χ0n) is 15.1. The first-order valence-electron chi connectivity index (χ1n) is 9.13. The van der Waals surface area contributed by atoms with E-state index in [0.717, 1.165) is 22.3 Å². The molecule has 0 atom stereocenters. The maximum absolute atomic E-state index is 6.21. The lowest BCUT2D eigenvalue weighted by Gasteiger charge is -2.23. The Morgan fingerprint density at radius 1 is 1.15 bits per heavy atom. The van der Waals surface area contributed by atoms with Gasteiger partial charge in [0.1, 0.15) is 6.61 Å². The minimum Gasteiger partial charge on any atom is -0.493 e. The fourth-order valence-electron chi connectivity index (χ4n) is 3.35. The zero-order chi connectivity index (χ0) is 18.4. The van der Waals surface area contributed by atoms with Crippen LogP contribution in [0.5, 0.6) is 11.5 Å². The van der Waals surface area contributed by atoms with E-state index in [4.69, 9.17) is 21.1 Å². The molecule has 0 aliphatic heterocycles. The van der Waals surface area contributed by atoms with E-state index in [2.05, 4.69) is 27.3 Å². The Bertz CT molecular complexity index is 732. The Hall–Kier alpha value is -1.23. The third-order valence-corrected chi connectivity index (χ3v) is 5.78. The van der Waals surface area contributed by atoms with Crippen molar-refractivity contribution in [3.05, 3.63) is 57.0 Å². The number of ether oxygens (including phenoxy) is 2. The van der Waals surface area contributed by atoms with E-state index >= 15 is 0 Å². The molecule has 3 rings (SSSR count). The minimum atomic E-state index is 0.397. The Kier molecular flexibility index (Phi) is 7.23. The maximum Gasteiger partial charge on any atom is 0.175 e. The normalized spacial score (nSPS) is 15.0. The van der Waals surface area contributed by atoms with Gasteiger partial charge in [0.05, 0.1) is 11.6 Å². The molecule has 0 heterocycles. The molecule has 0 bridgehead atoms. The molecule has 0 amide bonds. The van der Waals surface area contributed by atoms with Gasteiger partial charge in [-0.05, 0) is 52.5 Å². The number of hydrogen-bond acceptors (Lipinski definition) is 3. The van der Waals surface area contributed by atoms with Gasteiger partial charge in [-0.2, -0.15) is 0 Å². The maximum atomic E-state index is 6.21. The summed E-state index contributed by atoms with van der Waals surface area (Å²) < 4.78 is 12.5. The van der Waals surface area contributed by atoms with Gasteiger partial charge in [-0.15, -0.1) is 0 Å². The lowest BCUT2D eigenvalue weighted by molar-refractivity contribution is 0.282. The molecule has 1 fully saturated rings. The van der Waals surface area contributed by atoms with Crippen LogP contribution >= 0.6 is 27.5 Å². The molecule has 5 heteroatoms. The van der Waals surface area contributed by atoms with Crippen LogP contribution in [0, 0.1) is 0 Å². The number of hydrogen-bond donors (Lipinski definition) is 1. The number of nitrogens with one attached hydrogen (secondary N) is 1. The Labute approximate surface area is 169 Å². The van der Waals surface area contributed by atoms with Gasteiger partial charge in [0.25, 0.3) is 0 Å². The van der Waals surface area contributed by atoms with Gasteiger partial charge < -0.3 is 14.8 Å². The molecule has 0 radical (unpaired) electrons. The van der Waals surface area contributed by atoms with Crippen molar-refractivity contribution in [3.8, 4) is 11.5 Å². The zero-order valence-corrected chi connectivity index (χ0v) is 17.4. The number of halogens is 2. The monoisotopic (exact) mass is 437 g/mol. The summed E-state index contributed by atoms with van der Waals surface area (Å²) in [5.74, 6) is 1.43. The first-order valence-corrected chi connectivity index (χ1v) is 10.3. The van der Waals surface area contributed by atoms with Gasteiger partial charge >= 0.3 is 0 Å². The number of benzene rings is 2. The molecule has 1 saturated carbocycles. The Morgan fingerprint density at radius 3 is 2.65 bits per heavy atom. The van der Waals surface area contributed by atoms with Crippen LogP contribution in [0.2, 0.25) is 5.02 Å². The van der Waals surface area contributed by atoms with Crippen LogP contribution in [-0.4, -0.2) is 13.2 Å².